The van der Waals surface area contributed by atoms with Gasteiger partial charge >= 0.3 is 0 Å². The molecule has 1 amide bonds. The monoisotopic (exact) mass is 299 g/mol. The van der Waals surface area contributed by atoms with Gasteiger partial charge in [-0.2, -0.15) is 8.75 Å². The first-order valence-electron chi connectivity index (χ1n) is 5.50. The van der Waals surface area contributed by atoms with Crippen LogP contribution in [0.3, 0.4) is 0 Å². The number of aromatic nitrogens is 2. The van der Waals surface area contributed by atoms with Crippen molar-refractivity contribution in [1.82, 2.24) is 13.5 Å². The first-order chi connectivity index (χ1) is 8.72. The summed E-state index contributed by atoms with van der Waals surface area (Å²) in [5.74, 6) is -0.562. The molecule has 1 aromatic carbocycles. The van der Waals surface area contributed by atoms with Crippen molar-refractivity contribution in [2.75, 3.05) is 0 Å². The largest absolute Gasteiger partial charge is 0.273 e. The van der Waals surface area contributed by atoms with Crippen LogP contribution >= 0.6 is 11.7 Å². The van der Waals surface area contributed by atoms with Crippen molar-refractivity contribution in [3.63, 3.8) is 0 Å². The molecule has 19 heavy (non-hydrogen) atoms. The number of carbonyl (C=O) groups is 1. The molecule has 0 saturated heterocycles. The first kappa shape index (κ1) is 13.9. The van der Waals surface area contributed by atoms with Crippen LogP contribution in [-0.2, 0) is 14.8 Å². The molecule has 8 heteroatoms. The van der Waals surface area contributed by atoms with Crippen LogP contribution in [0.25, 0.3) is 11.0 Å². The second-order valence-electron chi connectivity index (χ2n) is 5.07. The van der Waals surface area contributed by atoms with E-state index in [1.165, 1.54) is 6.07 Å². The minimum absolute atomic E-state index is 0.0312. The van der Waals surface area contributed by atoms with Crippen molar-refractivity contribution in [2.24, 2.45) is 5.41 Å². The summed E-state index contributed by atoms with van der Waals surface area (Å²) in [5.41, 5.74) is -0.0147. The summed E-state index contributed by atoms with van der Waals surface area (Å²) in [5, 5.41) is 0. The molecule has 2 rings (SSSR count). The molecule has 0 unspecified atom stereocenters. The van der Waals surface area contributed by atoms with E-state index in [1.54, 1.807) is 32.9 Å². The Hall–Kier alpha value is -1.54. The predicted molar refractivity (Wildman–Crippen MR) is 72.2 cm³/mol. The number of nitrogens with zero attached hydrogens (tertiary/aromatic N) is 2. The summed E-state index contributed by atoms with van der Waals surface area (Å²) in [6.07, 6.45) is 0. The third-order valence-corrected chi connectivity index (χ3v) is 4.35. The van der Waals surface area contributed by atoms with Crippen LogP contribution in [0.5, 0.6) is 0 Å². The highest BCUT2D eigenvalue weighted by molar-refractivity contribution is 7.90. The van der Waals surface area contributed by atoms with Gasteiger partial charge in [-0.25, -0.2) is 13.1 Å². The van der Waals surface area contributed by atoms with Crippen LogP contribution < -0.4 is 4.72 Å². The molecule has 0 aliphatic heterocycles. The van der Waals surface area contributed by atoms with E-state index >= 15 is 0 Å². The molecule has 0 aliphatic rings. The summed E-state index contributed by atoms with van der Waals surface area (Å²) < 4.78 is 34.4. The minimum Gasteiger partial charge on any atom is -0.273 e. The smallest absolute Gasteiger partial charge is 0.266 e. The third-order valence-electron chi connectivity index (χ3n) is 2.45. The molecule has 1 heterocycles. The number of carbonyl (C=O) groups excluding carboxylic acids is 1. The number of rotatable bonds is 2. The highest BCUT2D eigenvalue weighted by Gasteiger charge is 2.28. The summed E-state index contributed by atoms with van der Waals surface area (Å²) in [6.45, 7) is 4.93. The number of benzene rings is 1. The van der Waals surface area contributed by atoms with E-state index < -0.39 is 21.3 Å². The number of fused-ring (bicyclic) bond motifs is 1. The predicted octanol–water partition coefficient (Wildman–Crippen LogP) is 1.54. The van der Waals surface area contributed by atoms with Gasteiger partial charge in [0.1, 0.15) is 15.9 Å². The van der Waals surface area contributed by atoms with Gasteiger partial charge in [-0.05, 0) is 12.1 Å². The minimum atomic E-state index is -3.93. The van der Waals surface area contributed by atoms with Gasteiger partial charge in [0.15, 0.2) is 0 Å². The molecule has 1 aromatic heterocycles. The first-order valence-corrected chi connectivity index (χ1v) is 7.72. The van der Waals surface area contributed by atoms with E-state index in [0.717, 1.165) is 11.7 Å². The lowest BCUT2D eigenvalue weighted by atomic mass is 9.96. The van der Waals surface area contributed by atoms with E-state index in [-0.39, 0.29) is 10.4 Å². The third kappa shape index (κ3) is 2.74. The van der Waals surface area contributed by atoms with Crippen LogP contribution in [0.15, 0.2) is 23.1 Å². The molecule has 0 saturated carbocycles. The summed E-state index contributed by atoms with van der Waals surface area (Å²) in [6, 6.07) is 4.64. The Kier molecular flexibility index (Phi) is 3.31. The van der Waals surface area contributed by atoms with E-state index in [2.05, 4.69) is 13.5 Å². The van der Waals surface area contributed by atoms with Gasteiger partial charge < -0.3 is 0 Å². The zero-order chi connectivity index (χ0) is 14.3. The lowest BCUT2D eigenvalue weighted by molar-refractivity contribution is -0.126. The van der Waals surface area contributed by atoms with E-state index in [0.29, 0.717) is 5.52 Å². The van der Waals surface area contributed by atoms with E-state index in [1.807, 2.05) is 0 Å². The average Bonchev–Trinajstić information content (AvgIpc) is 2.74. The molecule has 102 valence electrons. The fourth-order valence-corrected chi connectivity index (χ4v) is 3.26. The van der Waals surface area contributed by atoms with Crippen LogP contribution in [0.4, 0.5) is 0 Å². The van der Waals surface area contributed by atoms with Crippen molar-refractivity contribution >= 4 is 38.7 Å². The maximum atomic E-state index is 12.2. The van der Waals surface area contributed by atoms with E-state index in [4.69, 9.17) is 0 Å². The van der Waals surface area contributed by atoms with Gasteiger partial charge in [0.05, 0.1) is 11.7 Å². The normalized spacial score (nSPS) is 12.6. The Bertz CT molecular complexity index is 729. The lowest BCUT2D eigenvalue weighted by Crippen LogP contribution is -2.38. The van der Waals surface area contributed by atoms with Gasteiger partial charge in [0, 0.05) is 5.41 Å². The molecule has 0 bridgehead atoms. The fourth-order valence-electron chi connectivity index (χ4n) is 1.33. The van der Waals surface area contributed by atoms with Crippen LogP contribution in [-0.4, -0.2) is 23.1 Å². The second-order valence-corrected chi connectivity index (χ2v) is 7.25. The Morgan fingerprint density at radius 1 is 1.26 bits per heavy atom. The van der Waals surface area contributed by atoms with Gasteiger partial charge in [-0.15, -0.1) is 0 Å². The summed E-state index contributed by atoms with van der Waals surface area (Å²) >= 11 is 0.930. The molecule has 1 N–H and O–H groups in total. The van der Waals surface area contributed by atoms with Gasteiger partial charge in [0.25, 0.3) is 10.0 Å². The molecule has 0 atom stereocenters. The SMILES string of the molecule is CC(C)(C)C(=O)NS(=O)(=O)c1cccc2nsnc12. The maximum absolute atomic E-state index is 12.2. The number of hydrogen-bond acceptors (Lipinski definition) is 6. The highest BCUT2D eigenvalue weighted by atomic mass is 32.2. The zero-order valence-corrected chi connectivity index (χ0v) is 12.3. The molecule has 0 spiro atoms. The van der Waals surface area contributed by atoms with Crippen LogP contribution in [0, 0.1) is 5.41 Å². The number of hydrogen-bond donors (Lipinski definition) is 1. The molecule has 0 aliphatic carbocycles. The molecular weight excluding hydrogens is 286 g/mol. The molecule has 0 radical (unpaired) electrons. The maximum Gasteiger partial charge on any atom is 0.266 e. The molecule has 2 aromatic rings. The number of nitrogens with one attached hydrogen (secondary N) is 1. The average molecular weight is 299 g/mol. The standard InChI is InChI=1S/C11H13N3O3S2/c1-11(2,3)10(15)14-19(16,17)8-6-4-5-7-9(8)13-18-12-7/h4-6H,1-3H3,(H,14,15). The van der Waals surface area contributed by atoms with Crippen LogP contribution in [0.1, 0.15) is 20.8 Å². The Morgan fingerprint density at radius 2 is 1.95 bits per heavy atom. The lowest BCUT2D eigenvalue weighted by Gasteiger charge is -2.17. The fraction of sp³-hybridized carbons (Fsp3) is 0.364. The molecule has 6 nitrogen and oxygen atoms in total. The number of sulfonamides is 1. The van der Waals surface area contributed by atoms with Crippen molar-refractivity contribution in [2.45, 2.75) is 25.7 Å². The summed E-state index contributed by atoms with van der Waals surface area (Å²) in [7, 11) is -3.93. The highest BCUT2D eigenvalue weighted by Crippen LogP contribution is 2.22. The topological polar surface area (TPSA) is 89.0 Å². The van der Waals surface area contributed by atoms with Gasteiger partial charge in [0.2, 0.25) is 5.91 Å². The molecular formula is C11H13N3O3S2. The van der Waals surface area contributed by atoms with Crippen molar-refractivity contribution < 1.29 is 13.2 Å². The van der Waals surface area contributed by atoms with Crippen molar-refractivity contribution in [3.05, 3.63) is 18.2 Å². The quantitative estimate of drug-likeness (QED) is 0.908. The Labute approximate surface area is 115 Å². The zero-order valence-electron chi connectivity index (χ0n) is 10.7. The molecule has 0 fully saturated rings. The van der Waals surface area contributed by atoms with Crippen molar-refractivity contribution in [3.8, 4) is 0 Å². The second kappa shape index (κ2) is 4.53. The van der Waals surface area contributed by atoms with E-state index in [9.17, 15) is 13.2 Å². The van der Waals surface area contributed by atoms with Gasteiger partial charge in [-0.3, -0.25) is 4.79 Å². The van der Waals surface area contributed by atoms with Gasteiger partial charge in [-0.1, -0.05) is 26.8 Å². The Morgan fingerprint density at radius 3 is 2.58 bits per heavy atom. The summed E-state index contributed by atoms with van der Waals surface area (Å²) in [4.78, 5) is 11.8. The Balaban J connectivity index is 2.46. The number of amides is 1. The van der Waals surface area contributed by atoms with Crippen LogP contribution in [0.2, 0.25) is 0 Å². The van der Waals surface area contributed by atoms with Crippen molar-refractivity contribution in [1.29, 1.82) is 0 Å².